The molecular weight excluding hydrogens is 317 g/mol. The first-order valence-corrected chi connectivity index (χ1v) is 8.11. The van der Waals surface area contributed by atoms with Crippen molar-refractivity contribution in [3.05, 3.63) is 35.0 Å². The molecule has 1 heterocycles. The van der Waals surface area contributed by atoms with Gasteiger partial charge in [-0.15, -0.1) is 0 Å². The maximum atomic E-state index is 12.9. The summed E-state index contributed by atoms with van der Waals surface area (Å²) in [5, 5.41) is 3.43. The van der Waals surface area contributed by atoms with E-state index >= 15 is 0 Å². The Morgan fingerprint density at radius 3 is 2.50 bits per heavy atom. The number of fused-ring (bicyclic) bond motifs is 1. The average Bonchev–Trinajstić information content (AvgIpc) is 3.20. The molecule has 24 heavy (non-hydrogen) atoms. The third kappa shape index (κ3) is 2.78. The van der Waals surface area contributed by atoms with Crippen LogP contribution in [0.3, 0.4) is 0 Å². The van der Waals surface area contributed by atoms with Crippen LogP contribution in [0, 0.1) is 12.3 Å². The molecule has 1 saturated carbocycles. The fourth-order valence-corrected chi connectivity index (χ4v) is 3.20. The number of alkyl halides is 3. The topological polar surface area (TPSA) is 44.9 Å². The molecule has 130 valence electrons. The first-order valence-electron chi connectivity index (χ1n) is 8.11. The minimum Gasteiger partial charge on any atom is -0.357 e. The lowest BCUT2D eigenvalue weighted by atomic mass is 9.97. The molecule has 0 saturated heterocycles. The van der Waals surface area contributed by atoms with Gasteiger partial charge in [0.2, 0.25) is 5.91 Å². The third-order valence-corrected chi connectivity index (χ3v) is 4.85. The standard InChI is InChI=1S/C18H21F3N2O/c1-10(2)14-8-15-12(6-11(14)3)7-13(23-15)9-22-16(24)17(4-5-17)18(19,20)21/h6-8,10,23H,4-5,9H2,1-3H3,(H,22,24). The summed E-state index contributed by atoms with van der Waals surface area (Å²) >= 11 is 0. The van der Waals surface area contributed by atoms with Gasteiger partial charge < -0.3 is 10.3 Å². The molecule has 0 aliphatic heterocycles. The zero-order chi connectivity index (χ0) is 17.7. The molecule has 3 nitrogen and oxygen atoms in total. The quantitative estimate of drug-likeness (QED) is 0.843. The van der Waals surface area contributed by atoms with Gasteiger partial charge in [-0.2, -0.15) is 13.2 Å². The van der Waals surface area contributed by atoms with E-state index in [9.17, 15) is 18.0 Å². The van der Waals surface area contributed by atoms with E-state index in [2.05, 4.69) is 36.3 Å². The number of rotatable bonds is 4. The van der Waals surface area contributed by atoms with Crippen molar-refractivity contribution in [3.8, 4) is 0 Å². The van der Waals surface area contributed by atoms with E-state index in [-0.39, 0.29) is 19.4 Å². The molecule has 2 N–H and O–H groups in total. The lowest BCUT2D eigenvalue weighted by Crippen LogP contribution is -2.40. The van der Waals surface area contributed by atoms with Crippen molar-refractivity contribution in [3.63, 3.8) is 0 Å². The zero-order valence-electron chi connectivity index (χ0n) is 14.0. The Morgan fingerprint density at radius 2 is 1.96 bits per heavy atom. The maximum Gasteiger partial charge on any atom is 0.403 e. The molecule has 0 bridgehead atoms. The first-order chi connectivity index (χ1) is 11.1. The number of nitrogens with one attached hydrogen (secondary N) is 2. The Morgan fingerprint density at radius 1 is 1.29 bits per heavy atom. The van der Waals surface area contributed by atoms with Gasteiger partial charge in [-0.1, -0.05) is 13.8 Å². The predicted molar refractivity (Wildman–Crippen MR) is 86.7 cm³/mol. The summed E-state index contributed by atoms with van der Waals surface area (Å²) in [6, 6.07) is 6.00. The highest BCUT2D eigenvalue weighted by molar-refractivity contribution is 5.86. The summed E-state index contributed by atoms with van der Waals surface area (Å²) < 4.78 is 38.8. The highest BCUT2D eigenvalue weighted by Crippen LogP contribution is 2.57. The van der Waals surface area contributed by atoms with E-state index in [0.717, 1.165) is 10.9 Å². The maximum absolute atomic E-state index is 12.9. The summed E-state index contributed by atoms with van der Waals surface area (Å²) in [6.07, 6.45) is -4.71. The second-order valence-corrected chi connectivity index (χ2v) is 7.01. The second kappa shape index (κ2) is 5.53. The molecule has 1 aromatic carbocycles. The molecule has 1 amide bonds. The number of carbonyl (C=O) groups is 1. The zero-order valence-corrected chi connectivity index (χ0v) is 14.0. The van der Waals surface area contributed by atoms with Crippen LogP contribution in [-0.2, 0) is 11.3 Å². The van der Waals surface area contributed by atoms with Crippen LogP contribution >= 0.6 is 0 Å². The molecule has 3 rings (SSSR count). The molecule has 1 aliphatic rings. The van der Waals surface area contributed by atoms with E-state index in [1.54, 1.807) is 0 Å². The van der Waals surface area contributed by atoms with Crippen LogP contribution < -0.4 is 5.32 Å². The number of benzene rings is 1. The highest BCUT2D eigenvalue weighted by Gasteiger charge is 2.68. The van der Waals surface area contributed by atoms with Gasteiger partial charge in [-0.25, -0.2) is 0 Å². The number of aryl methyl sites for hydroxylation is 1. The van der Waals surface area contributed by atoms with E-state index in [0.29, 0.717) is 11.6 Å². The summed E-state index contributed by atoms with van der Waals surface area (Å²) in [5.74, 6) is -0.532. The Bertz CT molecular complexity index is 785. The molecule has 1 aromatic heterocycles. The van der Waals surface area contributed by atoms with Gasteiger partial charge in [0.25, 0.3) is 0 Å². The SMILES string of the molecule is Cc1cc2cc(CNC(=O)C3(C(F)(F)F)CC3)[nH]c2cc1C(C)C. The molecule has 1 fully saturated rings. The largest absolute Gasteiger partial charge is 0.403 e. The molecule has 0 spiro atoms. The van der Waals surface area contributed by atoms with Gasteiger partial charge in [0.15, 0.2) is 0 Å². The molecule has 0 atom stereocenters. The molecule has 0 radical (unpaired) electrons. The number of H-pyrrole nitrogens is 1. The lowest BCUT2D eigenvalue weighted by molar-refractivity contribution is -0.192. The summed E-state index contributed by atoms with van der Waals surface area (Å²) in [5.41, 5.74) is 1.89. The van der Waals surface area contributed by atoms with Crippen LogP contribution in [-0.4, -0.2) is 17.1 Å². The highest BCUT2D eigenvalue weighted by atomic mass is 19.4. The van der Waals surface area contributed by atoms with E-state index < -0.39 is 17.5 Å². The van der Waals surface area contributed by atoms with Crippen molar-refractivity contribution in [1.82, 2.24) is 10.3 Å². The Kier molecular flexibility index (Phi) is 3.89. The van der Waals surface area contributed by atoms with Crippen molar-refractivity contribution in [2.24, 2.45) is 5.41 Å². The normalized spacial score (nSPS) is 16.6. The van der Waals surface area contributed by atoms with Gasteiger partial charge in [0.05, 0.1) is 6.54 Å². The van der Waals surface area contributed by atoms with Crippen LogP contribution in [0.1, 0.15) is 49.4 Å². The van der Waals surface area contributed by atoms with E-state index in [1.807, 2.05) is 13.0 Å². The van der Waals surface area contributed by atoms with Gasteiger partial charge in [-0.3, -0.25) is 4.79 Å². The number of hydrogen-bond acceptors (Lipinski definition) is 1. The molecule has 6 heteroatoms. The van der Waals surface area contributed by atoms with Gasteiger partial charge in [-0.05, 0) is 60.4 Å². The van der Waals surface area contributed by atoms with Gasteiger partial charge >= 0.3 is 6.18 Å². The number of amides is 1. The number of carbonyl (C=O) groups excluding carboxylic acids is 1. The van der Waals surface area contributed by atoms with E-state index in [4.69, 9.17) is 0 Å². The van der Waals surface area contributed by atoms with Crippen molar-refractivity contribution < 1.29 is 18.0 Å². The first kappa shape index (κ1) is 16.9. The molecular formula is C18H21F3N2O. The number of aromatic nitrogens is 1. The third-order valence-electron chi connectivity index (χ3n) is 4.85. The van der Waals surface area contributed by atoms with E-state index in [1.165, 1.54) is 11.1 Å². The summed E-state index contributed by atoms with van der Waals surface area (Å²) in [7, 11) is 0. The smallest absolute Gasteiger partial charge is 0.357 e. The fourth-order valence-electron chi connectivity index (χ4n) is 3.20. The van der Waals surface area contributed by atoms with Crippen molar-refractivity contribution in [2.45, 2.75) is 52.3 Å². The Balaban J connectivity index is 1.76. The number of halogens is 3. The average molecular weight is 338 g/mol. The fraction of sp³-hybridized carbons (Fsp3) is 0.500. The van der Waals surface area contributed by atoms with Crippen LogP contribution in [0.4, 0.5) is 13.2 Å². The molecule has 1 aliphatic carbocycles. The van der Waals surface area contributed by atoms with Crippen LogP contribution in [0.15, 0.2) is 18.2 Å². The summed E-state index contributed by atoms with van der Waals surface area (Å²) in [6.45, 7) is 6.35. The number of aromatic amines is 1. The minimum absolute atomic E-state index is 0.0708. The predicted octanol–water partition coefficient (Wildman–Crippen LogP) is 4.56. The monoisotopic (exact) mass is 338 g/mol. The molecule has 2 aromatic rings. The Hall–Kier alpha value is -1.98. The van der Waals surface area contributed by atoms with Crippen molar-refractivity contribution in [1.29, 1.82) is 0 Å². The van der Waals surface area contributed by atoms with Crippen molar-refractivity contribution in [2.75, 3.05) is 0 Å². The number of hydrogen-bond donors (Lipinski definition) is 2. The minimum atomic E-state index is -4.47. The molecule has 0 unspecified atom stereocenters. The van der Waals surface area contributed by atoms with Crippen LogP contribution in [0.25, 0.3) is 10.9 Å². The van der Waals surface area contributed by atoms with Crippen molar-refractivity contribution >= 4 is 16.8 Å². The summed E-state index contributed by atoms with van der Waals surface area (Å²) in [4.78, 5) is 15.1. The Labute approximate surface area is 138 Å². The van der Waals surface area contributed by atoms with Gasteiger partial charge in [0.1, 0.15) is 5.41 Å². The second-order valence-electron chi connectivity index (χ2n) is 7.01. The van der Waals surface area contributed by atoms with Crippen LogP contribution in [0.2, 0.25) is 0 Å². The lowest BCUT2D eigenvalue weighted by Gasteiger charge is -2.18. The van der Waals surface area contributed by atoms with Crippen LogP contribution in [0.5, 0.6) is 0 Å². The van der Waals surface area contributed by atoms with Gasteiger partial charge in [0, 0.05) is 11.2 Å².